The zero-order valence-corrected chi connectivity index (χ0v) is 13.1. The van der Waals surface area contributed by atoms with Crippen molar-refractivity contribution >= 4 is 0 Å². The van der Waals surface area contributed by atoms with Crippen LogP contribution in [0.3, 0.4) is 0 Å². The summed E-state index contributed by atoms with van der Waals surface area (Å²) in [5.41, 5.74) is 0. The highest BCUT2D eigenvalue weighted by Crippen LogP contribution is 2.13. The fourth-order valence-corrected chi connectivity index (χ4v) is 2.24. The highest BCUT2D eigenvalue weighted by molar-refractivity contribution is 4.68. The van der Waals surface area contributed by atoms with Crippen molar-refractivity contribution in [3.63, 3.8) is 0 Å². The van der Waals surface area contributed by atoms with E-state index in [1.54, 1.807) is 0 Å². The van der Waals surface area contributed by atoms with E-state index >= 15 is 0 Å². The molecule has 18 heavy (non-hydrogen) atoms. The summed E-state index contributed by atoms with van der Waals surface area (Å²) in [6.07, 6.45) is 4.03. The number of hydrogen-bond acceptors (Lipinski definition) is 2. The maximum Gasteiger partial charge on any atom is 0.113 e. The molecule has 2 nitrogen and oxygen atoms in total. The molecule has 3 heteroatoms. The lowest BCUT2D eigenvalue weighted by Gasteiger charge is -2.26. The highest BCUT2D eigenvalue weighted by atomic mass is 19.1. The van der Waals surface area contributed by atoms with Gasteiger partial charge in [0.2, 0.25) is 0 Å². The normalized spacial score (nSPS) is 26.7. The quantitative estimate of drug-likeness (QED) is 0.658. The molecular formula is C15H33FN2. The summed E-state index contributed by atoms with van der Waals surface area (Å²) in [5.74, 6) is 0.978. The average Bonchev–Trinajstić information content (AvgIpc) is 2.36. The SMILES string of the molecule is CC.CC1CCN(C)CC1.CN1CCCC(F)C1. The maximum atomic E-state index is 12.4. The molecule has 0 aromatic rings. The van der Waals surface area contributed by atoms with Crippen molar-refractivity contribution in [3.05, 3.63) is 0 Å². The second-order valence-corrected chi connectivity index (χ2v) is 5.49. The van der Waals surface area contributed by atoms with Crippen LogP contribution < -0.4 is 0 Å². The van der Waals surface area contributed by atoms with Crippen LogP contribution in [0.25, 0.3) is 0 Å². The van der Waals surface area contributed by atoms with Gasteiger partial charge < -0.3 is 9.80 Å². The highest BCUT2D eigenvalue weighted by Gasteiger charge is 2.14. The number of rotatable bonds is 0. The van der Waals surface area contributed by atoms with Crippen molar-refractivity contribution in [2.45, 2.75) is 52.6 Å². The molecule has 2 saturated heterocycles. The molecule has 0 amide bonds. The van der Waals surface area contributed by atoms with E-state index in [1.807, 2.05) is 25.8 Å². The zero-order chi connectivity index (χ0) is 14.0. The van der Waals surface area contributed by atoms with Crippen LogP contribution in [0.15, 0.2) is 0 Å². The van der Waals surface area contributed by atoms with Crippen molar-refractivity contribution in [3.8, 4) is 0 Å². The minimum Gasteiger partial charge on any atom is -0.306 e. The first-order valence-electron chi connectivity index (χ1n) is 7.59. The van der Waals surface area contributed by atoms with Crippen LogP contribution in [0.4, 0.5) is 4.39 Å². The van der Waals surface area contributed by atoms with Crippen LogP contribution in [-0.2, 0) is 0 Å². The molecular weight excluding hydrogens is 227 g/mol. The van der Waals surface area contributed by atoms with E-state index in [4.69, 9.17) is 0 Å². The van der Waals surface area contributed by atoms with Gasteiger partial charge in [0, 0.05) is 6.54 Å². The van der Waals surface area contributed by atoms with E-state index in [2.05, 4.69) is 18.9 Å². The smallest absolute Gasteiger partial charge is 0.113 e. The molecule has 2 aliphatic rings. The number of hydrogen-bond donors (Lipinski definition) is 0. The summed E-state index contributed by atoms with van der Waals surface area (Å²) in [6, 6.07) is 0. The molecule has 0 aliphatic carbocycles. The van der Waals surface area contributed by atoms with E-state index in [0.717, 1.165) is 25.3 Å². The van der Waals surface area contributed by atoms with Crippen molar-refractivity contribution in [2.75, 3.05) is 40.3 Å². The van der Waals surface area contributed by atoms with Gasteiger partial charge >= 0.3 is 0 Å². The Labute approximate surface area is 114 Å². The molecule has 0 N–H and O–H groups in total. The Morgan fingerprint density at radius 1 is 0.889 bits per heavy atom. The summed E-state index contributed by atoms with van der Waals surface area (Å²) >= 11 is 0. The molecule has 0 bridgehead atoms. The van der Waals surface area contributed by atoms with E-state index in [-0.39, 0.29) is 0 Å². The number of piperidine rings is 2. The third kappa shape index (κ3) is 8.87. The topological polar surface area (TPSA) is 6.48 Å². The summed E-state index contributed by atoms with van der Waals surface area (Å²) in [7, 11) is 4.16. The van der Waals surface area contributed by atoms with Gasteiger partial charge in [-0.25, -0.2) is 4.39 Å². The Kier molecular flexibility index (Phi) is 10.7. The van der Waals surface area contributed by atoms with Gasteiger partial charge in [-0.15, -0.1) is 0 Å². The molecule has 1 unspecified atom stereocenters. The van der Waals surface area contributed by atoms with Gasteiger partial charge in [0.1, 0.15) is 6.17 Å². The first kappa shape index (κ1) is 17.8. The minimum absolute atomic E-state index is 0.561. The monoisotopic (exact) mass is 260 g/mol. The fraction of sp³-hybridized carbons (Fsp3) is 1.00. The van der Waals surface area contributed by atoms with Crippen molar-refractivity contribution in [2.24, 2.45) is 5.92 Å². The second kappa shape index (κ2) is 10.7. The first-order chi connectivity index (χ1) is 8.58. The lowest BCUT2D eigenvalue weighted by molar-refractivity contribution is 0.163. The Morgan fingerprint density at radius 2 is 1.44 bits per heavy atom. The van der Waals surface area contributed by atoms with Gasteiger partial charge in [0.15, 0.2) is 0 Å². The van der Waals surface area contributed by atoms with Crippen LogP contribution in [0, 0.1) is 5.92 Å². The molecule has 2 heterocycles. The van der Waals surface area contributed by atoms with Gasteiger partial charge in [-0.05, 0) is 65.3 Å². The average molecular weight is 260 g/mol. The third-order valence-electron chi connectivity index (χ3n) is 3.57. The van der Waals surface area contributed by atoms with E-state index in [0.29, 0.717) is 6.54 Å². The van der Waals surface area contributed by atoms with Crippen molar-refractivity contribution in [1.82, 2.24) is 9.80 Å². The van der Waals surface area contributed by atoms with Crippen molar-refractivity contribution < 1.29 is 4.39 Å². The zero-order valence-electron chi connectivity index (χ0n) is 13.1. The number of halogens is 1. The molecule has 0 spiro atoms. The molecule has 0 aromatic carbocycles. The molecule has 2 aliphatic heterocycles. The largest absolute Gasteiger partial charge is 0.306 e. The van der Waals surface area contributed by atoms with Crippen LogP contribution in [0.5, 0.6) is 0 Å². The predicted molar refractivity (Wildman–Crippen MR) is 78.9 cm³/mol. The number of nitrogens with zero attached hydrogens (tertiary/aromatic N) is 2. The number of likely N-dealkylation sites (tertiary alicyclic amines) is 2. The van der Waals surface area contributed by atoms with Crippen LogP contribution in [-0.4, -0.2) is 56.2 Å². The van der Waals surface area contributed by atoms with Gasteiger partial charge in [-0.1, -0.05) is 20.8 Å². The van der Waals surface area contributed by atoms with Gasteiger partial charge in [0.05, 0.1) is 0 Å². The van der Waals surface area contributed by atoms with Crippen LogP contribution >= 0.6 is 0 Å². The summed E-state index contributed by atoms with van der Waals surface area (Å²) in [6.45, 7) is 10.7. The van der Waals surface area contributed by atoms with E-state index in [9.17, 15) is 4.39 Å². The first-order valence-corrected chi connectivity index (χ1v) is 7.59. The van der Waals surface area contributed by atoms with Crippen molar-refractivity contribution in [1.29, 1.82) is 0 Å². The summed E-state index contributed by atoms with van der Waals surface area (Å²) in [5, 5.41) is 0. The Morgan fingerprint density at radius 3 is 1.78 bits per heavy atom. The molecule has 0 radical (unpaired) electrons. The standard InChI is InChI=1S/C7H15N.C6H12FN.C2H6/c1-7-3-5-8(2)6-4-7;1-8-4-2-3-6(7)5-8;1-2/h7H,3-6H2,1-2H3;6H,2-5H2,1H3;1-2H3. The Hall–Kier alpha value is -0.150. The number of alkyl halides is 1. The van der Waals surface area contributed by atoms with Gasteiger partial charge in [-0.2, -0.15) is 0 Å². The third-order valence-corrected chi connectivity index (χ3v) is 3.57. The molecule has 0 saturated carbocycles. The maximum absolute atomic E-state index is 12.4. The second-order valence-electron chi connectivity index (χ2n) is 5.49. The lowest BCUT2D eigenvalue weighted by atomic mass is 10.00. The predicted octanol–water partition coefficient (Wildman–Crippen LogP) is 3.42. The fourth-order valence-electron chi connectivity index (χ4n) is 2.24. The van der Waals surface area contributed by atoms with E-state index < -0.39 is 6.17 Å². The lowest BCUT2D eigenvalue weighted by Crippen LogP contribution is -2.32. The Bertz CT molecular complexity index is 161. The molecule has 110 valence electrons. The van der Waals surface area contributed by atoms with Gasteiger partial charge in [-0.3, -0.25) is 0 Å². The van der Waals surface area contributed by atoms with Crippen LogP contribution in [0.2, 0.25) is 0 Å². The minimum atomic E-state index is -0.561. The van der Waals surface area contributed by atoms with E-state index in [1.165, 1.54) is 25.9 Å². The summed E-state index contributed by atoms with van der Waals surface area (Å²) < 4.78 is 12.4. The molecule has 0 aromatic heterocycles. The van der Waals surface area contributed by atoms with Crippen LogP contribution in [0.1, 0.15) is 46.5 Å². The molecule has 2 fully saturated rings. The Balaban J connectivity index is 0.000000283. The van der Waals surface area contributed by atoms with Gasteiger partial charge in [0.25, 0.3) is 0 Å². The molecule has 2 rings (SSSR count). The summed E-state index contributed by atoms with van der Waals surface area (Å²) in [4.78, 5) is 4.44. The molecule has 1 atom stereocenters.